The lowest BCUT2D eigenvalue weighted by atomic mass is 10.4. The summed E-state index contributed by atoms with van der Waals surface area (Å²) in [5, 5.41) is 0. The van der Waals surface area contributed by atoms with Crippen LogP contribution in [0.4, 0.5) is 0 Å². The molecule has 0 amide bonds. The SMILES string of the molecule is CCSc1cc(C)c(Br)s1. The van der Waals surface area contributed by atoms with Crippen LogP contribution in [0.3, 0.4) is 0 Å². The number of aryl methyl sites for hydroxylation is 1. The van der Waals surface area contributed by atoms with E-state index in [9.17, 15) is 0 Å². The second-order valence-corrected chi connectivity index (χ2v) is 5.89. The third-order valence-corrected chi connectivity index (χ3v) is 4.35. The maximum Gasteiger partial charge on any atom is 0.0739 e. The van der Waals surface area contributed by atoms with E-state index in [0.29, 0.717) is 0 Å². The van der Waals surface area contributed by atoms with E-state index >= 15 is 0 Å². The minimum Gasteiger partial charge on any atom is -0.122 e. The number of hydrogen-bond acceptors (Lipinski definition) is 2. The van der Waals surface area contributed by atoms with E-state index in [-0.39, 0.29) is 0 Å². The Kier molecular flexibility index (Phi) is 3.27. The molecule has 0 saturated heterocycles. The summed E-state index contributed by atoms with van der Waals surface area (Å²) in [6.07, 6.45) is 0. The molecular weight excluding hydrogens is 228 g/mol. The highest BCUT2D eigenvalue weighted by atomic mass is 79.9. The van der Waals surface area contributed by atoms with Gasteiger partial charge in [0, 0.05) is 0 Å². The molecule has 1 aromatic heterocycles. The minimum absolute atomic E-state index is 1.16. The van der Waals surface area contributed by atoms with Gasteiger partial charge in [0.25, 0.3) is 0 Å². The number of thiophene rings is 1. The number of halogens is 1. The molecule has 0 fully saturated rings. The van der Waals surface area contributed by atoms with Crippen molar-refractivity contribution in [2.24, 2.45) is 0 Å². The lowest BCUT2D eigenvalue weighted by Gasteiger charge is -1.86. The molecule has 0 bridgehead atoms. The van der Waals surface area contributed by atoms with Gasteiger partial charge in [-0.15, -0.1) is 23.1 Å². The van der Waals surface area contributed by atoms with Crippen molar-refractivity contribution < 1.29 is 0 Å². The van der Waals surface area contributed by atoms with Crippen LogP contribution in [-0.2, 0) is 0 Å². The molecule has 0 aliphatic rings. The van der Waals surface area contributed by atoms with Crippen LogP contribution in [0.5, 0.6) is 0 Å². The maximum atomic E-state index is 3.49. The summed E-state index contributed by atoms with van der Waals surface area (Å²) in [4.78, 5) is 0. The van der Waals surface area contributed by atoms with Crippen LogP contribution >= 0.6 is 39.0 Å². The lowest BCUT2D eigenvalue weighted by molar-refractivity contribution is 1.47. The van der Waals surface area contributed by atoms with Gasteiger partial charge in [-0.25, -0.2) is 0 Å². The molecule has 1 heterocycles. The van der Waals surface area contributed by atoms with Gasteiger partial charge in [-0.2, -0.15) is 0 Å². The van der Waals surface area contributed by atoms with E-state index in [1.54, 1.807) is 0 Å². The van der Waals surface area contributed by atoms with Crippen LogP contribution in [0, 0.1) is 6.92 Å². The van der Waals surface area contributed by atoms with Crippen LogP contribution in [0.2, 0.25) is 0 Å². The molecule has 1 aromatic rings. The Morgan fingerprint density at radius 2 is 2.40 bits per heavy atom. The Bertz CT molecular complexity index is 198. The van der Waals surface area contributed by atoms with E-state index in [1.165, 1.54) is 13.6 Å². The predicted molar refractivity (Wildman–Crippen MR) is 53.2 cm³/mol. The van der Waals surface area contributed by atoms with E-state index in [1.807, 2.05) is 23.1 Å². The average molecular weight is 237 g/mol. The second-order valence-electron chi connectivity index (χ2n) is 1.96. The van der Waals surface area contributed by atoms with Gasteiger partial charge in [-0.3, -0.25) is 0 Å². The van der Waals surface area contributed by atoms with Crippen molar-refractivity contribution in [1.82, 2.24) is 0 Å². The normalized spacial score (nSPS) is 10.3. The molecular formula is C7H9BrS2. The molecule has 3 heteroatoms. The van der Waals surface area contributed by atoms with E-state index in [4.69, 9.17) is 0 Å². The van der Waals surface area contributed by atoms with Gasteiger partial charge < -0.3 is 0 Å². The highest BCUT2D eigenvalue weighted by molar-refractivity contribution is 9.11. The fourth-order valence-corrected chi connectivity index (χ4v) is 3.62. The second kappa shape index (κ2) is 3.79. The molecule has 0 aliphatic carbocycles. The molecule has 1 rings (SSSR count). The average Bonchev–Trinajstić information content (AvgIpc) is 2.14. The van der Waals surface area contributed by atoms with Crippen molar-refractivity contribution in [2.45, 2.75) is 18.1 Å². The van der Waals surface area contributed by atoms with Crippen molar-refractivity contribution in [3.05, 3.63) is 15.4 Å². The molecule has 0 atom stereocenters. The quantitative estimate of drug-likeness (QED) is 0.702. The molecule has 0 unspecified atom stereocenters. The van der Waals surface area contributed by atoms with Crippen LogP contribution < -0.4 is 0 Å². The van der Waals surface area contributed by atoms with Crippen molar-refractivity contribution in [3.8, 4) is 0 Å². The third-order valence-electron chi connectivity index (χ3n) is 1.12. The van der Waals surface area contributed by atoms with E-state index < -0.39 is 0 Å². The maximum absolute atomic E-state index is 3.49. The number of rotatable bonds is 2. The van der Waals surface area contributed by atoms with Crippen molar-refractivity contribution in [2.75, 3.05) is 5.75 Å². The highest BCUT2D eigenvalue weighted by Gasteiger charge is 2.00. The van der Waals surface area contributed by atoms with Crippen molar-refractivity contribution >= 4 is 39.0 Å². The van der Waals surface area contributed by atoms with Crippen LogP contribution in [0.15, 0.2) is 14.1 Å². The topological polar surface area (TPSA) is 0 Å². The summed E-state index contributed by atoms with van der Waals surface area (Å²) in [6, 6.07) is 2.23. The van der Waals surface area contributed by atoms with Crippen molar-refractivity contribution in [3.63, 3.8) is 0 Å². The van der Waals surface area contributed by atoms with Gasteiger partial charge in [-0.05, 0) is 40.2 Å². The molecule has 0 nitrogen and oxygen atoms in total. The van der Waals surface area contributed by atoms with Gasteiger partial charge in [0.05, 0.1) is 8.00 Å². The first-order chi connectivity index (χ1) is 4.74. The Morgan fingerprint density at radius 1 is 1.70 bits per heavy atom. The zero-order valence-corrected chi connectivity index (χ0v) is 9.20. The Morgan fingerprint density at radius 3 is 2.80 bits per heavy atom. The van der Waals surface area contributed by atoms with Crippen LogP contribution in [0.1, 0.15) is 12.5 Å². The zero-order chi connectivity index (χ0) is 7.56. The monoisotopic (exact) mass is 236 g/mol. The smallest absolute Gasteiger partial charge is 0.0739 e. The van der Waals surface area contributed by atoms with Crippen molar-refractivity contribution in [1.29, 1.82) is 0 Å². The summed E-state index contributed by atoms with van der Waals surface area (Å²) < 4.78 is 2.68. The summed E-state index contributed by atoms with van der Waals surface area (Å²) >= 11 is 7.21. The third kappa shape index (κ3) is 2.01. The Hall–Kier alpha value is 0.530. The van der Waals surface area contributed by atoms with E-state index in [0.717, 1.165) is 5.75 Å². The highest BCUT2D eigenvalue weighted by Crippen LogP contribution is 2.33. The van der Waals surface area contributed by atoms with Gasteiger partial charge in [0.2, 0.25) is 0 Å². The Balaban J connectivity index is 2.77. The first kappa shape index (κ1) is 8.62. The predicted octanol–water partition coefficient (Wildman–Crippen LogP) is 3.93. The lowest BCUT2D eigenvalue weighted by Crippen LogP contribution is -1.62. The zero-order valence-electron chi connectivity index (χ0n) is 5.98. The van der Waals surface area contributed by atoms with Gasteiger partial charge in [0.1, 0.15) is 0 Å². The van der Waals surface area contributed by atoms with E-state index in [2.05, 4.69) is 35.8 Å². The first-order valence-corrected chi connectivity index (χ1v) is 5.72. The van der Waals surface area contributed by atoms with Gasteiger partial charge in [0.15, 0.2) is 0 Å². The number of thioether (sulfide) groups is 1. The van der Waals surface area contributed by atoms with Gasteiger partial charge >= 0.3 is 0 Å². The largest absolute Gasteiger partial charge is 0.122 e. The van der Waals surface area contributed by atoms with Crippen LogP contribution in [-0.4, -0.2) is 5.75 Å². The summed E-state index contributed by atoms with van der Waals surface area (Å²) in [6.45, 7) is 4.30. The molecule has 0 spiro atoms. The first-order valence-electron chi connectivity index (χ1n) is 3.12. The molecule has 0 N–H and O–H groups in total. The minimum atomic E-state index is 1.16. The molecule has 10 heavy (non-hydrogen) atoms. The van der Waals surface area contributed by atoms with Gasteiger partial charge in [-0.1, -0.05) is 6.92 Å². The molecule has 0 radical (unpaired) electrons. The molecule has 0 aliphatic heterocycles. The summed E-state index contributed by atoms with van der Waals surface area (Å²) in [7, 11) is 0. The molecule has 0 saturated carbocycles. The summed E-state index contributed by atoms with van der Waals surface area (Å²) in [5.41, 5.74) is 1.35. The summed E-state index contributed by atoms with van der Waals surface area (Å²) in [5.74, 6) is 1.16. The fourth-order valence-electron chi connectivity index (χ4n) is 0.645. The molecule has 56 valence electrons. The van der Waals surface area contributed by atoms with Crippen LogP contribution in [0.25, 0.3) is 0 Å². The fraction of sp³-hybridized carbons (Fsp3) is 0.429. The standard InChI is InChI=1S/C7H9BrS2/c1-3-9-6-4-5(2)7(8)10-6/h4H,3H2,1-2H3. The Labute approximate surface area is 78.2 Å². The number of hydrogen-bond donors (Lipinski definition) is 0. The molecule has 0 aromatic carbocycles.